The Morgan fingerprint density at radius 2 is 1.83 bits per heavy atom. The average Bonchev–Trinajstić information content (AvgIpc) is 2.90. The number of aromatic amines is 1. The molecular formula is C18H32N2O8SSi. The molecule has 1 fully saturated rings. The maximum Gasteiger partial charge on any atom is 0.330 e. The van der Waals surface area contributed by atoms with Crippen LogP contribution in [0.5, 0.6) is 0 Å². The van der Waals surface area contributed by atoms with E-state index < -0.39 is 54.2 Å². The predicted octanol–water partition coefficient (Wildman–Crippen LogP) is 1.12. The zero-order valence-electron chi connectivity index (χ0n) is 18.7. The SMILES string of the molecule is CO[C@@H]1[C@H](OS(C)(=O)=O)[C@@H](CO[Si](C)(C)C(C)(C)C)O[C@H]1n1cc(C)c(=O)[nH]c1=O. The number of aromatic nitrogens is 2. The lowest BCUT2D eigenvalue weighted by atomic mass is 10.1. The van der Waals surface area contributed by atoms with Crippen LogP contribution in [0.2, 0.25) is 18.1 Å². The van der Waals surface area contributed by atoms with Crippen molar-refractivity contribution in [1.29, 1.82) is 0 Å². The van der Waals surface area contributed by atoms with Gasteiger partial charge in [0.2, 0.25) is 0 Å². The van der Waals surface area contributed by atoms with Crippen LogP contribution in [0, 0.1) is 6.92 Å². The molecule has 0 spiro atoms. The second-order valence-corrected chi connectivity index (χ2v) is 15.5. The Kier molecular flexibility index (Phi) is 7.21. The number of rotatable bonds is 7. The molecule has 1 aliphatic rings. The Labute approximate surface area is 177 Å². The van der Waals surface area contributed by atoms with Crippen molar-refractivity contribution in [3.8, 4) is 0 Å². The summed E-state index contributed by atoms with van der Waals surface area (Å²) in [5.74, 6) is 0. The second kappa shape index (κ2) is 8.67. The van der Waals surface area contributed by atoms with Crippen molar-refractivity contribution in [2.24, 2.45) is 0 Å². The fourth-order valence-electron chi connectivity index (χ4n) is 2.92. The van der Waals surface area contributed by atoms with Crippen LogP contribution in [0.25, 0.3) is 0 Å². The lowest BCUT2D eigenvalue weighted by Gasteiger charge is -2.37. The number of ether oxygens (including phenoxy) is 2. The second-order valence-electron chi connectivity index (χ2n) is 9.08. The van der Waals surface area contributed by atoms with Crippen LogP contribution in [-0.2, 0) is 28.2 Å². The largest absolute Gasteiger partial charge is 0.414 e. The highest BCUT2D eigenvalue weighted by molar-refractivity contribution is 7.86. The third kappa shape index (κ3) is 5.48. The summed E-state index contributed by atoms with van der Waals surface area (Å²) in [6.07, 6.45) is -1.46. The van der Waals surface area contributed by atoms with Crippen molar-refractivity contribution in [3.05, 3.63) is 32.6 Å². The standard InChI is InChI=1S/C18H32N2O8SSi/c1-11-9-20(17(22)19-15(11)21)16-14(25-5)13(28-29(6,23)24)12(27-16)10-26-30(7,8)18(2,3)4/h9,12-14,16H,10H2,1-8H3,(H,19,21,22)/t12-,13-,14-,16-/m1/s1. The molecule has 0 radical (unpaired) electrons. The molecule has 2 heterocycles. The minimum Gasteiger partial charge on any atom is -0.414 e. The first-order valence-electron chi connectivity index (χ1n) is 9.60. The summed E-state index contributed by atoms with van der Waals surface area (Å²) in [6, 6.07) is 0. The van der Waals surface area contributed by atoms with Gasteiger partial charge in [-0.15, -0.1) is 0 Å². The van der Waals surface area contributed by atoms with Crippen LogP contribution in [0.3, 0.4) is 0 Å². The van der Waals surface area contributed by atoms with E-state index in [9.17, 15) is 18.0 Å². The van der Waals surface area contributed by atoms with Crippen LogP contribution >= 0.6 is 0 Å². The van der Waals surface area contributed by atoms with E-state index in [1.165, 1.54) is 17.9 Å². The number of hydrogen-bond donors (Lipinski definition) is 1. The molecule has 0 amide bonds. The Bertz CT molecular complexity index is 979. The van der Waals surface area contributed by atoms with Gasteiger partial charge in [0.05, 0.1) is 12.9 Å². The van der Waals surface area contributed by atoms with Crippen molar-refractivity contribution >= 4 is 18.4 Å². The maximum atomic E-state index is 12.4. The molecule has 2 rings (SSSR count). The highest BCUT2D eigenvalue weighted by Gasteiger charge is 2.50. The topological polar surface area (TPSA) is 126 Å². The number of methoxy groups -OCH3 is 1. The zero-order valence-corrected chi connectivity index (χ0v) is 20.5. The van der Waals surface area contributed by atoms with Crippen LogP contribution in [0.15, 0.2) is 15.8 Å². The molecule has 30 heavy (non-hydrogen) atoms. The van der Waals surface area contributed by atoms with Gasteiger partial charge in [0.1, 0.15) is 18.3 Å². The van der Waals surface area contributed by atoms with Gasteiger partial charge in [-0.05, 0) is 25.1 Å². The molecule has 1 aromatic heterocycles. The van der Waals surface area contributed by atoms with E-state index in [0.717, 1.165) is 6.26 Å². The van der Waals surface area contributed by atoms with Gasteiger partial charge in [-0.1, -0.05) is 20.8 Å². The minimum absolute atomic E-state index is 0.0637. The Hall–Kier alpha value is -1.31. The third-order valence-electron chi connectivity index (χ3n) is 5.68. The Morgan fingerprint density at radius 1 is 1.23 bits per heavy atom. The normalized spacial score (nSPS) is 25.6. The van der Waals surface area contributed by atoms with Crippen molar-refractivity contribution in [1.82, 2.24) is 9.55 Å². The van der Waals surface area contributed by atoms with Crippen LogP contribution in [0.1, 0.15) is 32.6 Å². The van der Waals surface area contributed by atoms with Crippen molar-refractivity contribution < 1.29 is 26.5 Å². The van der Waals surface area contributed by atoms with E-state index in [4.69, 9.17) is 18.1 Å². The summed E-state index contributed by atoms with van der Waals surface area (Å²) in [5, 5.41) is -0.0637. The molecule has 0 bridgehead atoms. The smallest absolute Gasteiger partial charge is 0.330 e. The van der Waals surface area contributed by atoms with E-state index in [-0.39, 0.29) is 11.6 Å². The van der Waals surface area contributed by atoms with Crippen LogP contribution in [0.4, 0.5) is 0 Å². The summed E-state index contributed by atoms with van der Waals surface area (Å²) in [4.78, 5) is 26.3. The van der Waals surface area contributed by atoms with Crippen molar-refractivity contribution in [2.75, 3.05) is 20.0 Å². The van der Waals surface area contributed by atoms with Gasteiger partial charge < -0.3 is 13.9 Å². The molecule has 4 atom stereocenters. The number of aryl methyl sites for hydroxylation is 1. The van der Waals surface area contributed by atoms with Gasteiger partial charge in [-0.3, -0.25) is 18.5 Å². The van der Waals surface area contributed by atoms with E-state index in [2.05, 4.69) is 38.8 Å². The first kappa shape index (κ1) is 25.0. The Balaban J connectivity index is 2.42. The quantitative estimate of drug-likeness (QED) is 0.470. The zero-order chi connectivity index (χ0) is 23.1. The number of nitrogens with zero attached hydrogens (tertiary/aromatic N) is 1. The van der Waals surface area contributed by atoms with Crippen LogP contribution in [-0.4, -0.2) is 64.6 Å². The van der Waals surface area contributed by atoms with Crippen LogP contribution < -0.4 is 11.2 Å². The number of H-pyrrole nitrogens is 1. The third-order valence-corrected chi connectivity index (χ3v) is 10.8. The molecule has 0 aromatic carbocycles. The van der Waals surface area contributed by atoms with E-state index in [1.54, 1.807) is 6.92 Å². The molecule has 0 saturated carbocycles. The van der Waals surface area contributed by atoms with Gasteiger partial charge in [0.25, 0.3) is 15.7 Å². The fourth-order valence-corrected chi connectivity index (χ4v) is 4.57. The van der Waals surface area contributed by atoms with Gasteiger partial charge in [-0.25, -0.2) is 4.79 Å². The molecule has 10 nitrogen and oxygen atoms in total. The molecule has 12 heteroatoms. The summed E-state index contributed by atoms with van der Waals surface area (Å²) < 4.78 is 47.9. The lowest BCUT2D eigenvalue weighted by molar-refractivity contribution is -0.0614. The predicted molar refractivity (Wildman–Crippen MR) is 114 cm³/mol. The number of nitrogens with one attached hydrogen (secondary N) is 1. The molecule has 1 aromatic rings. The lowest BCUT2D eigenvalue weighted by Crippen LogP contribution is -2.45. The summed E-state index contributed by atoms with van der Waals surface area (Å²) in [5.41, 5.74) is -0.902. The maximum absolute atomic E-state index is 12.4. The first-order valence-corrected chi connectivity index (χ1v) is 14.3. The molecule has 0 unspecified atom stereocenters. The van der Waals surface area contributed by atoms with Gasteiger partial charge in [-0.2, -0.15) is 8.42 Å². The molecular weight excluding hydrogens is 432 g/mol. The molecule has 1 aliphatic heterocycles. The van der Waals surface area contributed by atoms with Gasteiger partial charge >= 0.3 is 5.69 Å². The highest BCUT2D eigenvalue weighted by Crippen LogP contribution is 2.39. The molecule has 172 valence electrons. The van der Waals surface area contributed by atoms with E-state index in [0.29, 0.717) is 5.56 Å². The fraction of sp³-hybridized carbons (Fsp3) is 0.778. The minimum atomic E-state index is -3.85. The van der Waals surface area contributed by atoms with E-state index >= 15 is 0 Å². The van der Waals surface area contributed by atoms with E-state index in [1.807, 2.05) is 0 Å². The summed E-state index contributed by atoms with van der Waals surface area (Å²) in [6.45, 7) is 12.0. The number of hydrogen-bond acceptors (Lipinski definition) is 8. The molecule has 1 N–H and O–H groups in total. The monoisotopic (exact) mass is 464 g/mol. The average molecular weight is 465 g/mol. The Morgan fingerprint density at radius 3 is 2.33 bits per heavy atom. The first-order chi connectivity index (χ1) is 13.6. The van der Waals surface area contributed by atoms with Gasteiger partial charge in [0.15, 0.2) is 14.5 Å². The van der Waals surface area contributed by atoms with Crippen molar-refractivity contribution in [2.45, 2.75) is 70.4 Å². The van der Waals surface area contributed by atoms with Gasteiger partial charge in [0, 0.05) is 18.9 Å². The molecule has 1 saturated heterocycles. The summed E-state index contributed by atoms with van der Waals surface area (Å²) >= 11 is 0. The summed E-state index contributed by atoms with van der Waals surface area (Å²) in [7, 11) is -4.63. The van der Waals surface area contributed by atoms with Crippen molar-refractivity contribution in [3.63, 3.8) is 0 Å². The molecule has 0 aliphatic carbocycles. The highest BCUT2D eigenvalue weighted by atomic mass is 32.2.